The van der Waals surface area contributed by atoms with Crippen molar-refractivity contribution in [3.05, 3.63) is 18.6 Å². The van der Waals surface area contributed by atoms with Crippen molar-refractivity contribution in [1.29, 1.82) is 0 Å². The Balaban J connectivity index is 1.89. The van der Waals surface area contributed by atoms with Gasteiger partial charge in [-0.25, -0.2) is 14.8 Å². The Morgan fingerprint density at radius 3 is 2.95 bits per heavy atom. The van der Waals surface area contributed by atoms with Crippen LogP contribution in [0.3, 0.4) is 0 Å². The molecular weight excluding hydrogens is 258 g/mol. The number of amides is 1. The summed E-state index contributed by atoms with van der Waals surface area (Å²) in [6, 6.07) is 1.74. The van der Waals surface area contributed by atoms with Crippen molar-refractivity contribution < 1.29 is 14.3 Å². The second-order valence-corrected chi connectivity index (χ2v) is 5.83. The zero-order chi connectivity index (χ0) is 14.6. The average molecular weight is 279 g/mol. The Morgan fingerprint density at radius 2 is 2.30 bits per heavy atom. The van der Waals surface area contributed by atoms with Crippen LogP contribution in [-0.2, 0) is 4.74 Å². The fourth-order valence-electron chi connectivity index (χ4n) is 2.12. The summed E-state index contributed by atoms with van der Waals surface area (Å²) in [7, 11) is 0. The molecule has 0 unspecified atom stereocenters. The van der Waals surface area contributed by atoms with E-state index in [1.54, 1.807) is 17.2 Å². The van der Waals surface area contributed by atoms with Gasteiger partial charge in [-0.05, 0) is 33.6 Å². The molecule has 20 heavy (non-hydrogen) atoms. The summed E-state index contributed by atoms with van der Waals surface area (Å²) >= 11 is 0. The van der Waals surface area contributed by atoms with Crippen LogP contribution in [0.2, 0.25) is 0 Å². The molecule has 0 N–H and O–H groups in total. The summed E-state index contributed by atoms with van der Waals surface area (Å²) in [5, 5.41) is 0. The lowest BCUT2D eigenvalue weighted by atomic mass is 10.2. The lowest BCUT2D eigenvalue weighted by Gasteiger charge is -2.28. The molecular formula is C14H21N3O3. The minimum absolute atomic E-state index is 0.0415. The number of ether oxygens (including phenoxy) is 2. The van der Waals surface area contributed by atoms with Gasteiger partial charge in [0.15, 0.2) is 0 Å². The van der Waals surface area contributed by atoms with Crippen molar-refractivity contribution in [3.8, 4) is 5.88 Å². The number of carbonyl (C=O) groups is 1. The summed E-state index contributed by atoms with van der Waals surface area (Å²) in [6.45, 7) is 6.75. The summed E-state index contributed by atoms with van der Waals surface area (Å²) < 4.78 is 11.0. The first kappa shape index (κ1) is 14.6. The van der Waals surface area contributed by atoms with E-state index in [9.17, 15) is 4.79 Å². The van der Waals surface area contributed by atoms with Gasteiger partial charge in [-0.1, -0.05) is 0 Å². The molecule has 1 aliphatic rings. The largest absolute Gasteiger partial charge is 0.475 e. The maximum Gasteiger partial charge on any atom is 0.410 e. The molecule has 0 bridgehead atoms. The van der Waals surface area contributed by atoms with Crippen LogP contribution in [0.15, 0.2) is 18.6 Å². The Hall–Kier alpha value is -1.85. The molecule has 1 aliphatic heterocycles. The van der Waals surface area contributed by atoms with E-state index in [1.807, 2.05) is 20.8 Å². The number of hydrogen-bond donors (Lipinski definition) is 0. The second kappa shape index (κ2) is 6.07. The van der Waals surface area contributed by atoms with Crippen molar-refractivity contribution in [2.24, 2.45) is 0 Å². The molecule has 1 aromatic heterocycles. The molecule has 6 nitrogen and oxygen atoms in total. The molecule has 110 valence electrons. The maximum atomic E-state index is 12.1. The molecule has 0 aromatic carbocycles. The van der Waals surface area contributed by atoms with Crippen LogP contribution in [0, 0.1) is 0 Å². The fourth-order valence-corrected chi connectivity index (χ4v) is 2.12. The summed E-state index contributed by atoms with van der Waals surface area (Å²) in [4.78, 5) is 21.7. The van der Waals surface area contributed by atoms with Gasteiger partial charge in [-0.2, -0.15) is 0 Å². The first-order chi connectivity index (χ1) is 9.46. The van der Waals surface area contributed by atoms with Gasteiger partial charge >= 0.3 is 6.09 Å². The molecule has 1 fully saturated rings. The minimum atomic E-state index is -0.474. The fraction of sp³-hybridized carbons (Fsp3) is 0.643. The number of carbonyl (C=O) groups excluding carboxylic acids is 1. The Labute approximate surface area is 119 Å². The Bertz CT molecular complexity index is 445. The van der Waals surface area contributed by atoms with Gasteiger partial charge in [0, 0.05) is 18.8 Å². The predicted molar refractivity (Wildman–Crippen MR) is 73.5 cm³/mol. The van der Waals surface area contributed by atoms with Crippen molar-refractivity contribution in [3.63, 3.8) is 0 Å². The maximum absolute atomic E-state index is 12.1. The minimum Gasteiger partial charge on any atom is -0.475 e. The van der Waals surface area contributed by atoms with Gasteiger partial charge in [-0.15, -0.1) is 0 Å². The van der Waals surface area contributed by atoms with Crippen molar-refractivity contribution >= 4 is 6.09 Å². The molecule has 2 heterocycles. The van der Waals surface area contributed by atoms with Crippen LogP contribution in [0.25, 0.3) is 0 Å². The zero-order valence-electron chi connectivity index (χ0n) is 12.2. The summed E-state index contributed by atoms with van der Waals surface area (Å²) in [5.74, 6) is 0.524. The molecule has 2 rings (SSSR count). The van der Waals surface area contributed by atoms with E-state index in [1.165, 1.54) is 6.33 Å². The molecule has 0 spiro atoms. The third-order valence-electron chi connectivity index (χ3n) is 2.98. The first-order valence-electron chi connectivity index (χ1n) is 6.84. The monoisotopic (exact) mass is 279 g/mol. The average Bonchev–Trinajstić information content (AvgIpc) is 2.84. The summed E-state index contributed by atoms with van der Waals surface area (Å²) in [5.41, 5.74) is -0.474. The third kappa shape index (κ3) is 4.08. The SMILES string of the molecule is CC(C)(C)OC(=O)N1CCC[C@H]1COc1ccncn1. The van der Waals surface area contributed by atoms with E-state index < -0.39 is 5.60 Å². The molecule has 0 radical (unpaired) electrons. The van der Waals surface area contributed by atoms with Crippen LogP contribution in [0.4, 0.5) is 4.79 Å². The van der Waals surface area contributed by atoms with Gasteiger partial charge in [0.1, 0.15) is 18.5 Å². The van der Waals surface area contributed by atoms with Gasteiger partial charge in [0.25, 0.3) is 0 Å². The normalized spacial score (nSPS) is 18.9. The number of hydrogen-bond acceptors (Lipinski definition) is 5. The molecule has 0 saturated carbocycles. The quantitative estimate of drug-likeness (QED) is 0.849. The van der Waals surface area contributed by atoms with Crippen LogP contribution in [0.1, 0.15) is 33.6 Å². The second-order valence-electron chi connectivity index (χ2n) is 5.83. The standard InChI is InChI=1S/C14H21N3O3/c1-14(2,3)20-13(18)17-8-4-5-11(17)9-19-12-6-7-15-10-16-12/h6-7,10-11H,4-5,8-9H2,1-3H3/t11-/m0/s1. The zero-order valence-corrected chi connectivity index (χ0v) is 12.2. The highest BCUT2D eigenvalue weighted by atomic mass is 16.6. The van der Waals surface area contributed by atoms with Crippen LogP contribution in [-0.4, -0.2) is 45.8 Å². The smallest absolute Gasteiger partial charge is 0.410 e. The lowest BCUT2D eigenvalue weighted by molar-refractivity contribution is 0.0185. The van der Waals surface area contributed by atoms with E-state index in [0.29, 0.717) is 19.0 Å². The molecule has 6 heteroatoms. The first-order valence-corrected chi connectivity index (χ1v) is 6.84. The Morgan fingerprint density at radius 1 is 1.50 bits per heavy atom. The molecule has 1 saturated heterocycles. The lowest BCUT2D eigenvalue weighted by Crippen LogP contribution is -2.42. The highest BCUT2D eigenvalue weighted by molar-refractivity contribution is 5.68. The Kier molecular flexibility index (Phi) is 4.42. The highest BCUT2D eigenvalue weighted by Crippen LogP contribution is 2.21. The van der Waals surface area contributed by atoms with Crippen molar-refractivity contribution in [2.45, 2.75) is 45.3 Å². The van der Waals surface area contributed by atoms with Gasteiger partial charge in [-0.3, -0.25) is 0 Å². The van der Waals surface area contributed by atoms with Crippen molar-refractivity contribution in [1.82, 2.24) is 14.9 Å². The van der Waals surface area contributed by atoms with Crippen LogP contribution in [0.5, 0.6) is 5.88 Å². The van der Waals surface area contributed by atoms with E-state index in [2.05, 4.69) is 9.97 Å². The van der Waals surface area contributed by atoms with Crippen LogP contribution >= 0.6 is 0 Å². The molecule has 1 aromatic rings. The third-order valence-corrected chi connectivity index (χ3v) is 2.98. The molecule has 0 aliphatic carbocycles. The van der Waals surface area contributed by atoms with E-state index >= 15 is 0 Å². The van der Waals surface area contributed by atoms with Gasteiger partial charge < -0.3 is 14.4 Å². The predicted octanol–water partition coefficient (Wildman–Crippen LogP) is 2.25. The number of likely N-dealkylation sites (tertiary alicyclic amines) is 1. The highest BCUT2D eigenvalue weighted by Gasteiger charge is 2.32. The van der Waals surface area contributed by atoms with E-state index in [0.717, 1.165) is 12.8 Å². The van der Waals surface area contributed by atoms with E-state index in [-0.39, 0.29) is 12.1 Å². The van der Waals surface area contributed by atoms with Gasteiger partial charge in [0.05, 0.1) is 6.04 Å². The summed E-state index contributed by atoms with van der Waals surface area (Å²) in [6.07, 6.45) is 4.69. The molecule has 1 atom stereocenters. The number of aromatic nitrogens is 2. The van der Waals surface area contributed by atoms with E-state index in [4.69, 9.17) is 9.47 Å². The van der Waals surface area contributed by atoms with Crippen LogP contribution < -0.4 is 4.74 Å². The van der Waals surface area contributed by atoms with Crippen molar-refractivity contribution in [2.75, 3.05) is 13.2 Å². The number of rotatable bonds is 3. The topological polar surface area (TPSA) is 64.5 Å². The number of nitrogens with zero attached hydrogens (tertiary/aromatic N) is 3. The molecule has 1 amide bonds. The van der Waals surface area contributed by atoms with Gasteiger partial charge in [0.2, 0.25) is 5.88 Å².